The lowest BCUT2D eigenvalue weighted by Crippen LogP contribution is -2.27. The lowest BCUT2D eigenvalue weighted by molar-refractivity contribution is 0.503. The molecule has 88 valence electrons. The fourth-order valence-corrected chi connectivity index (χ4v) is 2.49. The van der Waals surface area contributed by atoms with Crippen LogP contribution in [0.4, 0.5) is 0 Å². The molecule has 0 atom stereocenters. The summed E-state index contributed by atoms with van der Waals surface area (Å²) < 4.78 is 25.1. The lowest BCUT2D eigenvalue weighted by Gasteiger charge is -2.14. The molecule has 0 aromatic heterocycles. The van der Waals surface area contributed by atoms with Gasteiger partial charge in [-0.25, -0.2) is 8.42 Å². The van der Waals surface area contributed by atoms with Gasteiger partial charge in [-0.15, -0.1) is 6.42 Å². The minimum absolute atomic E-state index is 0.0153. The van der Waals surface area contributed by atoms with Gasteiger partial charge >= 0.3 is 0 Å². The number of rotatable bonds is 3. The molecule has 1 aromatic rings. The molecule has 0 N–H and O–H groups in total. The summed E-state index contributed by atoms with van der Waals surface area (Å²) in [6, 6.07) is 6.36. The van der Waals surface area contributed by atoms with Gasteiger partial charge in [0.1, 0.15) is 0 Å². The molecular formula is C12H12N2O2S. The van der Waals surface area contributed by atoms with E-state index >= 15 is 0 Å². The second kappa shape index (κ2) is 5.01. The molecule has 4 nitrogen and oxygen atoms in total. The molecule has 1 aromatic carbocycles. The van der Waals surface area contributed by atoms with Crippen molar-refractivity contribution in [3.63, 3.8) is 0 Å². The molecule has 0 radical (unpaired) electrons. The van der Waals surface area contributed by atoms with Gasteiger partial charge in [0.05, 0.1) is 23.1 Å². The molecule has 1 rings (SSSR count). The van der Waals surface area contributed by atoms with E-state index in [9.17, 15) is 8.42 Å². The zero-order valence-corrected chi connectivity index (χ0v) is 10.5. The average Bonchev–Trinajstić information content (AvgIpc) is 2.29. The Labute approximate surface area is 102 Å². The molecule has 0 fully saturated rings. The van der Waals surface area contributed by atoms with Gasteiger partial charge in [0.15, 0.2) is 0 Å². The van der Waals surface area contributed by atoms with E-state index in [2.05, 4.69) is 5.92 Å². The van der Waals surface area contributed by atoms with Gasteiger partial charge in [-0.2, -0.15) is 9.57 Å². The Hall–Kier alpha value is -1.82. The van der Waals surface area contributed by atoms with E-state index in [0.717, 1.165) is 4.31 Å². The normalized spacial score (nSPS) is 10.9. The van der Waals surface area contributed by atoms with Crippen LogP contribution in [0, 0.1) is 30.6 Å². The predicted octanol–water partition coefficient (Wildman–Crippen LogP) is 1.12. The van der Waals surface area contributed by atoms with Crippen LogP contribution in [-0.4, -0.2) is 26.3 Å². The average molecular weight is 248 g/mol. The number of nitriles is 1. The van der Waals surface area contributed by atoms with Gasteiger partial charge in [-0.3, -0.25) is 0 Å². The second-order valence-corrected chi connectivity index (χ2v) is 5.60. The zero-order chi connectivity index (χ0) is 13.1. The first kappa shape index (κ1) is 13.2. The van der Waals surface area contributed by atoms with E-state index in [1.54, 1.807) is 6.92 Å². The minimum Gasteiger partial charge on any atom is -0.207 e. The van der Waals surface area contributed by atoms with Crippen LogP contribution in [0.25, 0.3) is 0 Å². The Kier molecular flexibility index (Phi) is 3.90. The van der Waals surface area contributed by atoms with E-state index in [0.29, 0.717) is 11.1 Å². The maximum atomic E-state index is 12.0. The molecule has 0 saturated carbocycles. The van der Waals surface area contributed by atoms with Gasteiger partial charge < -0.3 is 0 Å². The fraction of sp³-hybridized carbons (Fsp3) is 0.250. The highest BCUT2D eigenvalue weighted by molar-refractivity contribution is 7.89. The molecule has 0 amide bonds. The molecule has 0 spiro atoms. The van der Waals surface area contributed by atoms with Gasteiger partial charge in [-0.1, -0.05) is 5.92 Å². The monoisotopic (exact) mass is 248 g/mol. The molecule has 0 aliphatic heterocycles. The minimum atomic E-state index is -3.57. The first-order valence-corrected chi connectivity index (χ1v) is 6.28. The molecule has 5 heteroatoms. The van der Waals surface area contributed by atoms with Crippen LogP contribution < -0.4 is 0 Å². The number of benzene rings is 1. The van der Waals surface area contributed by atoms with Crippen molar-refractivity contribution < 1.29 is 8.42 Å². The Morgan fingerprint density at radius 3 is 2.59 bits per heavy atom. The summed E-state index contributed by atoms with van der Waals surface area (Å²) in [5.74, 6) is 2.27. The van der Waals surface area contributed by atoms with Gasteiger partial charge in [0, 0.05) is 7.05 Å². The van der Waals surface area contributed by atoms with E-state index in [1.165, 1.54) is 25.2 Å². The van der Waals surface area contributed by atoms with E-state index in [4.69, 9.17) is 11.7 Å². The van der Waals surface area contributed by atoms with Crippen LogP contribution in [-0.2, 0) is 10.0 Å². The number of hydrogen-bond donors (Lipinski definition) is 0. The maximum absolute atomic E-state index is 12.0. The van der Waals surface area contributed by atoms with Crippen molar-refractivity contribution >= 4 is 10.0 Å². The molecule has 17 heavy (non-hydrogen) atoms. The highest BCUT2D eigenvalue weighted by Crippen LogP contribution is 2.17. The number of sulfonamides is 1. The summed E-state index contributed by atoms with van der Waals surface area (Å²) in [6.07, 6.45) is 5.08. The molecule has 0 bridgehead atoms. The largest absolute Gasteiger partial charge is 0.243 e. The van der Waals surface area contributed by atoms with Crippen LogP contribution in [0.5, 0.6) is 0 Å². The van der Waals surface area contributed by atoms with Gasteiger partial charge in [0.25, 0.3) is 0 Å². The Balaban J connectivity index is 3.23. The number of hydrogen-bond acceptors (Lipinski definition) is 3. The number of terminal acetylenes is 1. The first-order valence-electron chi connectivity index (χ1n) is 4.84. The van der Waals surface area contributed by atoms with E-state index in [1.807, 2.05) is 6.07 Å². The lowest BCUT2D eigenvalue weighted by atomic mass is 10.1. The third-order valence-corrected chi connectivity index (χ3v) is 4.14. The Morgan fingerprint density at radius 1 is 1.47 bits per heavy atom. The molecule has 0 unspecified atom stereocenters. The van der Waals surface area contributed by atoms with Crippen LogP contribution in [0.1, 0.15) is 11.1 Å². The predicted molar refractivity (Wildman–Crippen MR) is 64.5 cm³/mol. The van der Waals surface area contributed by atoms with Gasteiger partial charge in [-0.05, 0) is 30.7 Å². The van der Waals surface area contributed by atoms with Gasteiger partial charge in [0.2, 0.25) is 10.0 Å². The van der Waals surface area contributed by atoms with Crippen LogP contribution in [0.15, 0.2) is 23.1 Å². The van der Waals surface area contributed by atoms with E-state index < -0.39 is 10.0 Å². The first-order chi connectivity index (χ1) is 7.93. The van der Waals surface area contributed by atoms with Crippen molar-refractivity contribution in [1.82, 2.24) is 4.31 Å². The third kappa shape index (κ3) is 2.65. The van der Waals surface area contributed by atoms with Crippen molar-refractivity contribution in [1.29, 1.82) is 5.26 Å². The van der Waals surface area contributed by atoms with Crippen molar-refractivity contribution in [3.05, 3.63) is 29.3 Å². The highest BCUT2D eigenvalue weighted by Gasteiger charge is 2.20. The van der Waals surface area contributed by atoms with Crippen LogP contribution in [0.2, 0.25) is 0 Å². The quantitative estimate of drug-likeness (QED) is 0.753. The standard InChI is InChI=1S/C12H12N2O2S/c1-4-7-14(3)17(15,16)12-6-5-11(9-13)10(2)8-12/h1,5-6,8H,7H2,2-3H3. The maximum Gasteiger partial charge on any atom is 0.243 e. The number of aryl methyl sites for hydroxylation is 1. The van der Waals surface area contributed by atoms with Crippen molar-refractivity contribution in [2.24, 2.45) is 0 Å². The zero-order valence-electron chi connectivity index (χ0n) is 9.64. The number of nitrogens with zero attached hydrogens (tertiary/aromatic N) is 2. The Bertz CT molecular complexity index is 606. The summed E-state index contributed by atoms with van der Waals surface area (Å²) in [4.78, 5) is 0.145. The summed E-state index contributed by atoms with van der Waals surface area (Å²) >= 11 is 0. The highest BCUT2D eigenvalue weighted by atomic mass is 32.2. The fourth-order valence-electron chi connectivity index (χ4n) is 1.32. The van der Waals surface area contributed by atoms with E-state index in [-0.39, 0.29) is 11.4 Å². The summed E-state index contributed by atoms with van der Waals surface area (Å²) in [5.41, 5.74) is 1.09. The SMILES string of the molecule is C#CCN(C)S(=O)(=O)c1ccc(C#N)c(C)c1. The topological polar surface area (TPSA) is 61.2 Å². The molecule has 0 heterocycles. The second-order valence-electron chi connectivity index (χ2n) is 3.55. The summed E-state index contributed by atoms with van der Waals surface area (Å²) in [6.45, 7) is 1.71. The summed E-state index contributed by atoms with van der Waals surface area (Å²) in [7, 11) is -2.15. The van der Waals surface area contributed by atoms with Crippen molar-refractivity contribution in [2.45, 2.75) is 11.8 Å². The molecular weight excluding hydrogens is 236 g/mol. The molecule has 0 aliphatic rings. The Morgan fingerprint density at radius 2 is 2.12 bits per heavy atom. The van der Waals surface area contributed by atoms with Crippen molar-refractivity contribution in [3.8, 4) is 18.4 Å². The van der Waals surface area contributed by atoms with Crippen molar-refractivity contribution in [2.75, 3.05) is 13.6 Å². The molecule has 0 saturated heterocycles. The summed E-state index contributed by atoms with van der Waals surface area (Å²) in [5, 5.41) is 8.77. The van der Waals surface area contributed by atoms with Crippen LogP contribution >= 0.6 is 0 Å². The third-order valence-electron chi connectivity index (χ3n) is 2.34. The van der Waals surface area contributed by atoms with Crippen LogP contribution in [0.3, 0.4) is 0 Å². The smallest absolute Gasteiger partial charge is 0.207 e. The molecule has 0 aliphatic carbocycles.